The third-order valence-electron chi connectivity index (χ3n) is 15.2. The summed E-state index contributed by atoms with van der Waals surface area (Å²) in [6.07, 6.45) is 0. The van der Waals surface area contributed by atoms with Gasteiger partial charge in [-0.3, -0.25) is 0 Å². The Kier molecular flexibility index (Phi) is 12.1. The van der Waals surface area contributed by atoms with E-state index < -0.39 is 10.8 Å². The van der Waals surface area contributed by atoms with Gasteiger partial charge in [0.2, 0.25) is 0 Å². The number of hydrogen-bond donors (Lipinski definition) is 0. The molecular weight excluding hydrogens is 832 g/mol. The summed E-state index contributed by atoms with van der Waals surface area (Å²) in [6, 6.07) is 34.0. The fraction of sp³-hybridized carbons (Fsp3) is 0.263. The number of hydrogen-bond acceptors (Lipinski definition) is 2. The topological polar surface area (TPSA) is 6.48 Å². The quantitative estimate of drug-likeness (QED) is 0.233. The molecule has 9 rings (SSSR count). The van der Waals surface area contributed by atoms with Crippen LogP contribution < -0.4 is 80.8 Å². The molecule has 0 unspecified atom stereocenters. The smallest absolute Gasteiger partial charge is 0.252 e. The van der Waals surface area contributed by atoms with Crippen LogP contribution in [0.15, 0.2) is 97.1 Å². The van der Waals surface area contributed by atoms with Crippen LogP contribution in [0.25, 0.3) is 0 Å². The van der Waals surface area contributed by atoms with Crippen LogP contribution in [-0.2, 0) is 21.7 Å². The van der Waals surface area contributed by atoms with Gasteiger partial charge in [-0.15, -0.1) is 32.8 Å². The summed E-state index contributed by atoms with van der Waals surface area (Å²) in [5.74, 6) is 0. The molecule has 20 radical (unpaired) electrons. The Morgan fingerprint density at radius 2 is 0.814 bits per heavy atom. The van der Waals surface area contributed by atoms with E-state index in [0.29, 0.717) is 65.9 Å². The number of aryl methyl sites for hydroxylation is 1. The van der Waals surface area contributed by atoms with E-state index >= 15 is 0 Å². The first-order chi connectivity index (χ1) is 32.5. The van der Waals surface area contributed by atoms with Crippen LogP contribution in [0.4, 0.5) is 34.1 Å². The molecule has 70 heavy (non-hydrogen) atoms. The Labute approximate surface area is 431 Å². The second-order valence-corrected chi connectivity index (χ2v) is 22.7. The maximum absolute atomic E-state index is 7.57. The molecule has 0 amide bonds. The Bertz CT molecular complexity index is 3280. The van der Waals surface area contributed by atoms with Crippen LogP contribution in [0, 0.1) is 6.92 Å². The normalized spacial score (nSPS) is 13.6. The van der Waals surface area contributed by atoms with E-state index in [1.54, 1.807) is 0 Å². The van der Waals surface area contributed by atoms with Gasteiger partial charge in [0, 0.05) is 45.0 Å². The van der Waals surface area contributed by atoms with E-state index in [0.717, 1.165) is 67.1 Å². The first kappa shape index (κ1) is 49.8. The zero-order valence-corrected chi connectivity index (χ0v) is 42.5. The molecule has 2 aliphatic heterocycles. The molecule has 0 aromatic heterocycles. The molecule has 0 N–H and O–H groups in total. The van der Waals surface area contributed by atoms with Crippen molar-refractivity contribution in [3.8, 4) is 0 Å². The Balaban J connectivity index is 1.38. The van der Waals surface area contributed by atoms with Crippen LogP contribution in [0.2, 0.25) is 0 Å². The Morgan fingerprint density at radius 3 is 1.34 bits per heavy atom. The van der Waals surface area contributed by atoms with Gasteiger partial charge in [-0.1, -0.05) is 158 Å². The van der Waals surface area contributed by atoms with Crippen LogP contribution >= 0.6 is 0 Å². The van der Waals surface area contributed by atoms with Crippen LogP contribution in [0.1, 0.15) is 108 Å². The van der Waals surface area contributed by atoms with Crippen molar-refractivity contribution in [3.05, 3.63) is 136 Å². The highest BCUT2D eigenvalue weighted by Gasteiger charge is 2.46. The maximum Gasteiger partial charge on any atom is 0.252 e. The van der Waals surface area contributed by atoms with Crippen molar-refractivity contribution >= 4 is 190 Å². The van der Waals surface area contributed by atoms with Crippen LogP contribution in [0.5, 0.6) is 0 Å². The number of fused-ring (bicyclic) bond motifs is 4. The number of benzene rings is 7. The zero-order chi connectivity index (χ0) is 51.1. The molecule has 0 atom stereocenters. The molecule has 2 aliphatic rings. The van der Waals surface area contributed by atoms with E-state index in [1.165, 1.54) is 11.1 Å². The minimum Gasteiger partial charge on any atom is -0.313 e. The fourth-order valence-electron chi connectivity index (χ4n) is 10.7. The van der Waals surface area contributed by atoms with Crippen molar-refractivity contribution in [1.82, 2.24) is 0 Å². The number of nitrogens with zero attached hydrogens (tertiary/aromatic N) is 2. The summed E-state index contributed by atoms with van der Waals surface area (Å²) in [5.41, 5.74) is 17.6. The first-order valence-electron chi connectivity index (χ1n) is 23.8. The standard InChI is InChI=1S/C57H49B11N2/c1-28-18-45-51-46(19-28)70(53-41(63)27-35(47(64)50(53)67)57(10,11)32-22-38(60)49(66)39(61)23-32)52-40(62)24-33(56(8,9)31-20-36(58)48(65)37(59)21-31)26-43(52)68(51)42-25-30(55(5,6)7)14-17-44(42)69(45)34-15-12-29(13-16-34)54(2,3)4/h12-27H,1-11H3. The monoisotopic (exact) mass is 882 g/mol. The molecule has 2 heterocycles. The molecule has 2 nitrogen and oxygen atoms in total. The Hall–Kier alpha value is -5.15. The number of rotatable bonds is 6. The van der Waals surface area contributed by atoms with Crippen molar-refractivity contribution < 1.29 is 0 Å². The summed E-state index contributed by atoms with van der Waals surface area (Å²) < 4.78 is 0. The van der Waals surface area contributed by atoms with Crippen LogP contribution in [0.3, 0.4) is 0 Å². The van der Waals surface area contributed by atoms with E-state index in [9.17, 15) is 0 Å². The van der Waals surface area contributed by atoms with Crippen LogP contribution in [-0.4, -0.2) is 85.2 Å². The highest BCUT2D eigenvalue weighted by atomic mass is 15.2. The highest BCUT2D eigenvalue weighted by Crippen LogP contribution is 2.45. The summed E-state index contributed by atoms with van der Waals surface area (Å²) in [6.45, 7) is 23.7. The van der Waals surface area contributed by atoms with Gasteiger partial charge in [0.15, 0.2) is 0 Å². The van der Waals surface area contributed by atoms with Crippen molar-refractivity contribution in [2.75, 3.05) is 9.80 Å². The predicted octanol–water partition coefficient (Wildman–Crippen LogP) is 1.26. The van der Waals surface area contributed by atoms with Gasteiger partial charge in [-0.2, -0.15) is 0 Å². The lowest BCUT2D eigenvalue weighted by atomic mass is 9.32. The molecule has 13 heteroatoms. The molecule has 0 saturated carbocycles. The van der Waals surface area contributed by atoms with Gasteiger partial charge in [0.25, 0.3) is 6.71 Å². The van der Waals surface area contributed by atoms with Crippen molar-refractivity contribution in [1.29, 1.82) is 0 Å². The second kappa shape index (κ2) is 17.0. The minimum absolute atomic E-state index is 0.0325. The predicted molar refractivity (Wildman–Crippen MR) is 314 cm³/mol. The minimum atomic E-state index is -0.750. The molecule has 0 bridgehead atoms. The van der Waals surface area contributed by atoms with Gasteiger partial charge >= 0.3 is 0 Å². The Morgan fingerprint density at radius 1 is 0.371 bits per heavy atom. The van der Waals surface area contributed by atoms with E-state index in [1.807, 2.05) is 50.2 Å². The molecule has 7 aromatic carbocycles. The van der Waals surface area contributed by atoms with Crippen molar-refractivity contribution in [2.45, 2.75) is 97.8 Å². The van der Waals surface area contributed by atoms with Gasteiger partial charge in [0.1, 0.15) is 78.5 Å². The lowest BCUT2D eigenvalue weighted by molar-refractivity contribution is 0.590. The molecule has 0 saturated heterocycles. The average molecular weight is 881 g/mol. The molecule has 0 fully saturated rings. The van der Waals surface area contributed by atoms with Crippen molar-refractivity contribution in [2.24, 2.45) is 0 Å². The maximum atomic E-state index is 7.57. The van der Waals surface area contributed by atoms with E-state index in [2.05, 4.69) is 133 Å². The molecule has 0 spiro atoms. The summed E-state index contributed by atoms with van der Waals surface area (Å²) in [5, 5.41) is 0. The third-order valence-corrected chi connectivity index (χ3v) is 15.2. The lowest BCUT2D eigenvalue weighted by Crippen LogP contribution is -2.63. The zero-order valence-electron chi connectivity index (χ0n) is 42.5. The first-order valence-corrected chi connectivity index (χ1v) is 23.8. The summed E-state index contributed by atoms with van der Waals surface area (Å²) in [4.78, 5) is 4.53. The second-order valence-electron chi connectivity index (χ2n) is 22.7. The third kappa shape index (κ3) is 7.96. The highest BCUT2D eigenvalue weighted by molar-refractivity contribution is 7.00. The molecule has 0 aliphatic carbocycles. The van der Waals surface area contributed by atoms with Gasteiger partial charge < -0.3 is 9.80 Å². The molecule has 320 valence electrons. The van der Waals surface area contributed by atoms with Gasteiger partial charge in [-0.05, 0) is 103 Å². The summed E-state index contributed by atoms with van der Waals surface area (Å²) in [7, 11) is 67.8. The SMILES string of the molecule is [B]c1cc(C(C)(C)c2cc([B])c3c(c2)B2c4cc(C(C)(C)C)ccc4N(c4ccc(C(C)(C)C)cc4)c4cc(C)cc(c42)N3c2c([B])cc(C(C)(C)c3cc([B])c([B])c([B])c3)c([B])c2[B])cc([B])c1[B]. The van der Waals surface area contributed by atoms with E-state index in [-0.39, 0.29) is 17.5 Å². The molecule has 7 aromatic rings. The van der Waals surface area contributed by atoms with Crippen molar-refractivity contribution in [3.63, 3.8) is 0 Å². The number of anilines is 6. The van der Waals surface area contributed by atoms with Gasteiger partial charge in [0.05, 0.1) is 0 Å². The lowest BCUT2D eigenvalue weighted by Gasteiger charge is -2.47. The van der Waals surface area contributed by atoms with E-state index in [4.69, 9.17) is 78.5 Å². The largest absolute Gasteiger partial charge is 0.313 e. The fourth-order valence-corrected chi connectivity index (χ4v) is 10.7. The van der Waals surface area contributed by atoms with Gasteiger partial charge in [-0.25, -0.2) is 0 Å². The molecular formula is C57H49B11N2. The summed E-state index contributed by atoms with van der Waals surface area (Å²) >= 11 is 0. The average Bonchev–Trinajstić information content (AvgIpc) is 3.27.